The third-order valence-corrected chi connectivity index (χ3v) is 2.39. The topological polar surface area (TPSA) is 30.8 Å². The zero-order valence-electron chi connectivity index (χ0n) is 7.45. The Morgan fingerprint density at radius 2 is 2.33 bits per heavy atom. The molecule has 0 N–H and O–H groups in total. The minimum atomic E-state index is 0.216. The summed E-state index contributed by atoms with van der Waals surface area (Å²) in [6.45, 7) is 3.77. The van der Waals surface area contributed by atoms with Gasteiger partial charge < -0.3 is 9.57 Å². The number of ether oxygens (including phenoxy) is 1. The van der Waals surface area contributed by atoms with E-state index in [2.05, 4.69) is 12.1 Å². The maximum Gasteiger partial charge on any atom is 0.152 e. The summed E-state index contributed by atoms with van der Waals surface area (Å²) in [6, 6.07) is 0. The van der Waals surface area contributed by atoms with Gasteiger partial charge in [-0.05, 0) is 18.8 Å². The Kier molecular flexibility index (Phi) is 2.30. The molecule has 68 valence electrons. The van der Waals surface area contributed by atoms with Gasteiger partial charge in [0.05, 0.1) is 18.9 Å². The molecule has 0 amide bonds. The molecule has 0 bridgehead atoms. The molecule has 2 aliphatic rings. The lowest BCUT2D eigenvalue weighted by Crippen LogP contribution is -2.22. The minimum Gasteiger partial charge on any atom is -0.390 e. The van der Waals surface area contributed by atoms with Crippen LogP contribution >= 0.6 is 0 Å². The molecule has 1 atom stereocenters. The molecular formula is C9H15NO2. The first kappa shape index (κ1) is 8.05. The Labute approximate surface area is 72.7 Å². The Balaban J connectivity index is 1.70. The lowest BCUT2D eigenvalue weighted by Gasteiger charge is -2.23. The van der Waals surface area contributed by atoms with Gasteiger partial charge in [0.2, 0.25) is 0 Å². The Bertz CT molecular complexity index is 177. The van der Waals surface area contributed by atoms with E-state index in [1.165, 1.54) is 5.71 Å². The van der Waals surface area contributed by atoms with Gasteiger partial charge in [0, 0.05) is 6.42 Å². The predicted octanol–water partition coefficient (Wildman–Crippen LogP) is 1.58. The molecule has 3 nitrogen and oxygen atoms in total. The van der Waals surface area contributed by atoms with E-state index in [0.29, 0.717) is 6.61 Å². The smallest absolute Gasteiger partial charge is 0.152 e. The highest BCUT2D eigenvalue weighted by atomic mass is 16.7. The molecule has 0 aromatic heterocycles. The summed E-state index contributed by atoms with van der Waals surface area (Å²) in [5.74, 6) is 0.812. The molecule has 1 aliphatic heterocycles. The molecule has 1 saturated heterocycles. The van der Waals surface area contributed by atoms with Crippen LogP contribution in [-0.4, -0.2) is 25.0 Å². The number of rotatable bonds is 2. The average molecular weight is 169 g/mol. The van der Waals surface area contributed by atoms with Crippen molar-refractivity contribution >= 4 is 5.71 Å². The molecule has 1 saturated carbocycles. The van der Waals surface area contributed by atoms with Crippen molar-refractivity contribution in [3.05, 3.63) is 0 Å². The van der Waals surface area contributed by atoms with Gasteiger partial charge >= 0.3 is 0 Å². The van der Waals surface area contributed by atoms with Gasteiger partial charge in [-0.3, -0.25) is 0 Å². The van der Waals surface area contributed by atoms with Gasteiger partial charge in [0.15, 0.2) is 6.10 Å². The predicted molar refractivity (Wildman–Crippen MR) is 46.1 cm³/mol. The van der Waals surface area contributed by atoms with Gasteiger partial charge in [0.1, 0.15) is 0 Å². The van der Waals surface area contributed by atoms with Crippen molar-refractivity contribution in [3.63, 3.8) is 0 Å². The maximum absolute atomic E-state index is 5.32. The number of oxime groups is 1. The van der Waals surface area contributed by atoms with Gasteiger partial charge in [-0.25, -0.2) is 0 Å². The van der Waals surface area contributed by atoms with Gasteiger partial charge in [-0.2, -0.15) is 0 Å². The third-order valence-electron chi connectivity index (χ3n) is 2.39. The molecule has 3 heteroatoms. The number of hydrogen-bond acceptors (Lipinski definition) is 3. The summed E-state index contributed by atoms with van der Waals surface area (Å²) in [5.41, 5.74) is 1.22. The van der Waals surface area contributed by atoms with Crippen LogP contribution in [0, 0.1) is 5.92 Å². The summed E-state index contributed by atoms with van der Waals surface area (Å²) in [4.78, 5) is 5.32. The summed E-state index contributed by atoms with van der Waals surface area (Å²) in [6.07, 6.45) is 3.45. The van der Waals surface area contributed by atoms with E-state index in [0.717, 1.165) is 31.8 Å². The molecular weight excluding hydrogens is 154 g/mol. The lowest BCUT2D eigenvalue weighted by molar-refractivity contribution is 0.0454. The fourth-order valence-electron chi connectivity index (χ4n) is 1.56. The maximum atomic E-state index is 5.32. The van der Waals surface area contributed by atoms with E-state index in [1.807, 2.05) is 0 Å². The average Bonchev–Trinajstić information content (AvgIpc) is 2.47. The highest BCUT2D eigenvalue weighted by Crippen LogP contribution is 2.23. The summed E-state index contributed by atoms with van der Waals surface area (Å²) >= 11 is 0. The van der Waals surface area contributed by atoms with Gasteiger partial charge in [-0.15, -0.1) is 0 Å². The molecule has 0 radical (unpaired) electrons. The third kappa shape index (κ3) is 1.78. The molecule has 2 fully saturated rings. The molecule has 0 aromatic carbocycles. The molecule has 1 unspecified atom stereocenters. The van der Waals surface area contributed by atoms with Gasteiger partial charge in [0.25, 0.3) is 0 Å². The zero-order valence-corrected chi connectivity index (χ0v) is 7.45. The SMILES string of the molecule is CC1CC(=NOC2CCOC2)C1. The monoisotopic (exact) mass is 169 g/mol. The number of nitrogens with zero attached hydrogens (tertiary/aromatic N) is 1. The van der Waals surface area contributed by atoms with Crippen molar-refractivity contribution in [1.82, 2.24) is 0 Å². The lowest BCUT2D eigenvalue weighted by atomic mass is 9.85. The van der Waals surface area contributed by atoms with Crippen LogP contribution in [0.15, 0.2) is 5.16 Å². The van der Waals surface area contributed by atoms with Crippen molar-refractivity contribution in [1.29, 1.82) is 0 Å². The van der Waals surface area contributed by atoms with Crippen molar-refractivity contribution in [3.8, 4) is 0 Å². The van der Waals surface area contributed by atoms with Crippen molar-refractivity contribution in [2.75, 3.05) is 13.2 Å². The van der Waals surface area contributed by atoms with E-state index in [4.69, 9.17) is 9.57 Å². The standard InChI is InChI=1S/C9H15NO2/c1-7-4-8(5-7)10-12-9-2-3-11-6-9/h7,9H,2-6H2,1H3. The molecule has 0 spiro atoms. The first-order valence-electron chi connectivity index (χ1n) is 4.64. The summed E-state index contributed by atoms with van der Waals surface area (Å²) < 4.78 is 5.17. The second-order valence-electron chi connectivity index (χ2n) is 3.76. The normalized spacial score (nSPS) is 34.6. The number of hydrogen-bond donors (Lipinski definition) is 0. The Morgan fingerprint density at radius 3 is 2.92 bits per heavy atom. The first-order valence-corrected chi connectivity index (χ1v) is 4.64. The van der Waals surface area contributed by atoms with Crippen molar-refractivity contribution in [2.45, 2.75) is 32.3 Å². The zero-order chi connectivity index (χ0) is 8.39. The highest BCUT2D eigenvalue weighted by molar-refractivity contribution is 5.89. The van der Waals surface area contributed by atoms with E-state index in [-0.39, 0.29) is 6.10 Å². The second-order valence-corrected chi connectivity index (χ2v) is 3.76. The van der Waals surface area contributed by atoms with Crippen LogP contribution in [-0.2, 0) is 9.57 Å². The Hall–Kier alpha value is -0.570. The van der Waals surface area contributed by atoms with Crippen molar-refractivity contribution in [2.24, 2.45) is 11.1 Å². The fourth-order valence-corrected chi connectivity index (χ4v) is 1.56. The minimum absolute atomic E-state index is 0.216. The molecule has 1 aliphatic carbocycles. The van der Waals surface area contributed by atoms with Crippen LogP contribution in [0.1, 0.15) is 26.2 Å². The van der Waals surface area contributed by atoms with Crippen LogP contribution in [0.5, 0.6) is 0 Å². The van der Waals surface area contributed by atoms with Crippen LogP contribution in [0.3, 0.4) is 0 Å². The van der Waals surface area contributed by atoms with E-state index in [9.17, 15) is 0 Å². The quantitative estimate of drug-likeness (QED) is 0.587. The Morgan fingerprint density at radius 1 is 1.50 bits per heavy atom. The molecule has 1 heterocycles. The van der Waals surface area contributed by atoms with Crippen LogP contribution in [0.2, 0.25) is 0 Å². The fraction of sp³-hybridized carbons (Fsp3) is 0.889. The van der Waals surface area contributed by atoms with Gasteiger partial charge in [-0.1, -0.05) is 12.1 Å². The molecule has 0 aromatic rings. The van der Waals surface area contributed by atoms with Crippen LogP contribution < -0.4 is 0 Å². The second kappa shape index (κ2) is 3.44. The van der Waals surface area contributed by atoms with Crippen LogP contribution in [0.4, 0.5) is 0 Å². The molecule has 2 rings (SSSR count). The van der Waals surface area contributed by atoms with Crippen molar-refractivity contribution < 1.29 is 9.57 Å². The summed E-state index contributed by atoms with van der Waals surface area (Å²) in [7, 11) is 0. The highest BCUT2D eigenvalue weighted by Gasteiger charge is 2.22. The largest absolute Gasteiger partial charge is 0.390 e. The van der Waals surface area contributed by atoms with E-state index in [1.54, 1.807) is 0 Å². The van der Waals surface area contributed by atoms with E-state index < -0.39 is 0 Å². The first-order chi connectivity index (χ1) is 5.84. The van der Waals surface area contributed by atoms with E-state index >= 15 is 0 Å². The molecule has 12 heavy (non-hydrogen) atoms. The summed E-state index contributed by atoms with van der Waals surface area (Å²) in [5, 5.41) is 4.10. The van der Waals surface area contributed by atoms with Crippen LogP contribution in [0.25, 0.3) is 0 Å².